The molecule has 2 rings (SSSR count). The second-order valence-electron chi connectivity index (χ2n) is 3.95. The average molecular weight is 234 g/mol. The first-order valence-corrected chi connectivity index (χ1v) is 5.19. The Hall–Kier alpha value is -1.00. The van der Waals surface area contributed by atoms with Gasteiger partial charge in [-0.1, -0.05) is 26.7 Å². The molecule has 16 heavy (non-hydrogen) atoms. The van der Waals surface area contributed by atoms with Gasteiger partial charge in [-0.2, -0.15) is 13.2 Å². The fourth-order valence-electron chi connectivity index (χ4n) is 2.19. The van der Waals surface area contributed by atoms with E-state index in [2.05, 4.69) is 4.98 Å². The van der Waals surface area contributed by atoms with Crippen molar-refractivity contribution < 1.29 is 13.2 Å². The molecular weight excluding hydrogens is 217 g/mol. The molecule has 1 aromatic heterocycles. The Morgan fingerprint density at radius 2 is 1.81 bits per heavy atom. The van der Waals surface area contributed by atoms with Gasteiger partial charge in [0.15, 0.2) is 0 Å². The zero-order valence-corrected chi connectivity index (χ0v) is 8.30. The van der Waals surface area contributed by atoms with Gasteiger partial charge in [-0.05, 0) is 12.8 Å². The Labute approximate surface area is 93.5 Å². The highest BCUT2D eigenvalue weighted by Crippen LogP contribution is 2.34. The van der Waals surface area contributed by atoms with Crippen LogP contribution in [-0.2, 0) is 6.18 Å². The van der Waals surface area contributed by atoms with E-state index in [4.69, 9.17) is 0 Å². The second-order valence-corrected chi connectivity index (χ2v) is 3.95. The zero-order valence-electron chi connectivity index (χ0n) is 8.30. The Kier molecular flexibility index (Phi) is 3.99. The number of aromatic nitrogens is 2. The molecule has 92 valence electrons. The Bertz CT molecular complexity index is 324. The SMILES string of the molecule is C.FC(F)(F)c1nccn1C1CCCCC1. The van der Waals surface area contributed by atoms with Crippen molar-refractivity contribution in [3.8, 4) is 0 Å². The van der Waals surface area contributed by atoms with Gasteiger partial charge in [0.2, 0.25) is 5.82 Å². The molecule has 0 N–H and O–H groups in total. The van der Waals surface area contributed by atoms with Crippen molar-refractivity contribution in [2.45, 2.75) is 51.7 Å². The third kappa shape index (κ3) is 2.57. The average Bonchev–Trinajstić information content (AvgIpc) is 2.67. The second kappa shape index (κ2) is 4.89. The minimum Gasteiger partial charge on any atom is -0.324 e. The zero-order chi connectivity index (χ0) is 10.9. The molecule has 1 fully saturated rings. The molecule has 1 aromatic rings. The molecule has 1 heterocycles. The predicted octanol–water partition coefficient (Wildman–Crippen LogP) is 4.04. The molecule has 0 saturated heterocycles. The van der Waals surface area contributed by atoms with Crippen molar-refractivity contribution in [1.82, 2.24) is 9.55 Å². The van der Waals surface area contributed by atoms with E-state index >= 15 is 0 Å². The van der Waals surface area contributed by atoms with Crippen LogP contribution in [0.1, 0.15) is 51.4 Å². The molecule has 2 nitrogen and oxygen atoms in total. The molecule has 0 atom stereocenters. The van der Waals surface area contributed by atoms with E-state index in [0.29, 0.717) is 0 Å². The van der Waals surface area contributed by atoms with Crippen LogP contribution in [0, 0.1) is 0 Å². The van der Waals surface area contributed by atoms with Gasteiger partial charge in [0.1, 0.15) is 0 Å². The van der Waals surface area contributed by atoms with Gasteiger partial charge >= 0.3 is 6.18 Å². The fraction of sp³-hybridized carbons (Fsp3) is 0.727. The highest BCUT2D eigenvalue weighted by molar-refractivity contribution is 4.99. The van der Waals surface area contributed by atoms with Crippen molar-refractivity contribution in [2.24, 2.45) is 0 Å². The Balaban J connectivity index is 0.00000128. The minimum absolute atomic E-state index is 0. The predicted molar refractivity (Wildman–Crippen MR) is 56.1 cm³/mol. The lowest BCUT2D eigenvalue weighted by Crippen LogP contribution is -2.20. The summed E-state index contributed by atoms with van der Waals surface area (Å²) in [4.78, 5) is 3.40. The standard InChI is InChI=1S/C10H13F3N2.CH4/c11-10(12,13)9-14-6-7-15(9)8-4-2-1-3-5-8;/h6-8H,1-5H2;1H4. The van der Waals surface area contributed by atoms with Crippen LogP contribution in [0.25, 0.3) is 0 Å². The van der Waals surface area contributed by atoms with Crippen LogP contribution >= 0.6 is 0 Å². The molecule has 0 bridgehead atoms. The van der Waals surface area contributed by atoms with Crippen LogP contribution in [0.3, 0.4) is 0 Å². The molecule has 5 heteroatoms. The van der Waals surface area contributed by atoms with E-state index in [1.807, 2.05) is 0 Å². The maximum atomic E-state index is 12.6. The van der Waals surface area contributed by atoms with E-state index in [0.717, 1.165) is 32.1 Å². The first kappa shape index (κ1) is 13.1. The summed E-state index contributed by atoms with van der Waals surface area (Å²) >= 11 is 0. The maximum absolute atomic E-state index is 12.6. The molecule has 1 aliphatic carbocycles. The van der Waals surface area contributed by atoms with E-state index in [1.54, 1.807) is 0 Å². The van der Waals surface area contributed by atoms with Crippen LogP contribution in [0.4, 0.5) is 13.2 Å². The lowest BCUT2D eigenvalue weighted by atomic mass is 9.95. The van der Waals surface area contributed by atoms with Crippen molar-refractivity contribution in [2.75, 3.05) is 0 Å². The van der Waals surface area contributed by atoms with Gasteiger partial charge in [-0.3, -0.25) is 0 Å². The number of alkyl halides is 3. The van der Waals surface area contributed by atoms with Gasteiger partial charge < -0.3 is 4.57 Å². The number of hydrogen-bond acceptors (Lipinski definition) is 1. The number of rotatable bonds is 1. The topological polar surface area (TPSA) is 17.8 Å². The van der Waals surface area contributed by atoms with Crippen LogP contribution in [-0.4, -0.2) is 9.55 Å². The minimum atomic E-state index is -4.33. The van der Waals surface area contributed by atoms with Crippen molar-refractivity contribution in [1.29, 1.82) is 0 Å². The molecule has 0 spiro atoms. The Morgan fingerprint density at radius 3 is 2.38 bits per heavy atom. The molecule has 0 aromatic carbocycles. The highest BCUT2D eigenvalue weighted by Gasteiger charge is 2.37. The van der Waals surface area contributed by atoms with E-state index in [9.17, 15) is 13.2 Å². The largest absolute Gasteiger partial charge is 0.449 e. The molecule has 0 radical (unpaired) electrons. The van der Waals surface area contributed by atoms with E-state index < -0.39 is 12.0 Å². The van der Waals surface area contributed by atoms with Crippen molar-refractivity contribution in [3.63, 3.8) is 0 Å². The van der Waals surface area contributed by atoms with Gasteiger partial charge in [-0.15, -0.1) is 0 Å². The molecule has 0 amide bonds. The van der Waals surface area contributed by atoms with Gasteiger partial charge in [0.25, 0.3) is 0 Å². The van der Waals surface area contributed by atoms with Crippen molar-refractivity contribution >= 4 is 0 Å². The summed E-state index contributed by atoms with van der Waals surface area (Å²) in [5.41, 5.74) is 0. The molecule has 0 unspecified atom stereocenters. The lowest BCUT2D eigenvalue weighted by molar-refractivity contribution is -0.148. The van der Waals surface area contributed by atoms with Crippen LogP contribution in [0.5, 0.6) is 0 Å². The summed E-state index contributed by atoms with van der Waals surface area (Å²) in [5.74, 6) is -0.755. The summed E-state index contributed by atoms with van der Waals surface area (Å²) < 4.78 is 39.0. The molecule has 1 aliphatic rings. The highest BCUT2D eigenvalue weighted by atomic mass is 19.4. The molecule has 1 saturated carbocycles. The van der Waals surface area contributed by atoms with Crippen LogP contribution < -0.4 is 0 Å². The van der Waals surface area contributed by atoms with Gasteiger partial charge in [0, 0.05) is 18.4 Å². The summed E-state index contributed by atoms with van der Waals surface area (Å²) in [5, 5.41) is 0. The molecule has 0 aliphatic heterocycles. The van der Waals surface area contributed by atoms with Gasteiger partial charge in [-0.25, -0.2) is 4.98 Å². The smallest absolute Gasteiger partial charge is 0.324 e. The van der Waals surface area contributed by atoms with Crippen molar-refractivity contribution in [3.05, 3.63) is 18.2 Å². The maximum Gasteiger partial charge on any atom is 0.449 e. The first-order chi connectivity index (χ1) is 7.09. The summed E-state index contributed by atoms with van der Waals surface area (Å²) in [7, 11) is 0. The van der Waals surface area contributed by atoms with E-state index in [-0.39, 0.29) is 13.5 Å². The number of halogens is 3. The normalized spacial score (nSPS) is 18.2. The van der Waals surface area contributed by atoms with Crippen LogP contribution in [0.2, 0.25) is 0 Å². The van der Waals surface area contributed by atoms with Crippen LogP contribution in [0.15, 0.2) is 12.4 Å². The monoisotopic (exact) mass is 234 g/mol. The molecular formula is C11H17F3N2. The first-order valence-electron chi connectivity index (χ1n) is 5.19. The summed E-state index contributed by atoms with van der Waals surface area (Å²) in [6, 6.07) is -0.0159. The number of nitrogens with zero attached hydrogens (tertiary/aromatic N) is 2. The quantitative estimate of drug-likeness (QED) is 0.717. The lowest BCUT2D eigenvalue weighted by Gasteiger charge is -2.25. The Morgan fingerprint density at radius 1 is 1.19 bits per heavy atom. The van der Waals surface area contributed by atoms with Gasteiger partial charge in [0.05, 0.1) is 0 Å². The number of imidazole rings is 1. The number of hydrogen-bond donors (Lipinski definition) is 0. The van der Waals surface area contributed by atoms with E-state index in [1.165, 1.54) is 17.0 Å². The third-order valence-electron chi connectivity index (χ3n) is 2.89. The fourth-order valence-corrected chi connectivity index (χ4v) is 2.19. The summed E-state index contributed by atoms with van der Waals surface area (Å²) in [6.45, 7) is 0. The summed E-state index contributed by atoms with van der Waals surface area (Å²) in [6.07, 6.45) is 3.17. The third-order valence-corrected chi connectivity index (χ3v) is 2.89.